The molecule has 0 atom stereocenters. The van der Waals surface area contributed by atoms with Crippen LogP contribution in [0.15, 0.2) is 42.7 Å². The number of ether oxygens (including phenoxy) is 1. The topological polar surface area (TPSA) is 42.8 Å². The van der Waals surface area contributed by atoms with Crippen molar-refractivity contribution in [2.45, 2.75) is 13.0 Å². The molecule has 3 aromatic rings. The van der Waals surface area contributed by atoms with Crippen LogP contribution in [0.1, 0.15) is 5.56 Å². The maximum atomic E-state index is 5.42. The van der Waals surface area contributed by atoms with E-state index in [-0.39, 0.29) is 0 Å². The van der Waals surface area contributed by atoms with Gasteiger partial charge < -0.3 is 14.3 Å². The average Bonchev–Trinajstić information content (AvgIpc) is 2.81. The van der Waals surface area contributed by atoms with E-state index in [9.17, 15) is 0 Å². The van der Waals surface area contributed by atoms with Crippen molar-refractivity contribution in [2.24, 2.45) is 0 Å². The zero-order valence-electron chi connectivity index (χ0n) is 11.2. The Hall–Kier alpha value is -2.14. The molecule has 0 unspecified atom stereocenters. The number of nitrogens with zero attached hydrogens (tertiary/aromatic N) is 2. The van der Waals surface area contributed by atoms with Gasteiger partial charge in [0.1, 0.15) is 11.3 Å². The van der Waals surface area contributed by atoms with Gasteiger partial charge in [0.25, 0.3) is 0 Å². The first-order valence-corrected chi connectivity index (χ1v) is 6.85. The summed E-state index contributed by atoms with van der Waals surface area (Å²) in [6.07, 6.45) is 4.54. The van der Waals surface area contributed by atoms with Gasteiger partial charge in [-0.2, -0.15) is 0 Å². The summed E-state index contributed by atoms with van der Waals surface area (Å²) >= 11 is 5.42. The number of imidazole rings is 1. The number of H-pyrrole nitrogens is 1. The van der Waals surface area contributed by atoms with Crippen LogP contribution in [0.2, 0.25) is 0 Å². The van der Waals surface area contributed by atoms with E-state index in [1.807, 2.05) is 36.7 Å². The van der Waals surface area contributed by atoms with Crippen LogP contribution in [-0.2, 0) is 13.0 Å². The van der Waals surface area contributed by atoms with Crippen LogP contribution < -0.4 is 4.74 Å². The molecule has 1 aromatic carbocycles. The molecule has 2 aromatic heterocycles. The quantitative estimate of drug-likeness (QED) is 0.748. The molecule has 0 radical (unpaired) electrons. The smallest absolute Gasteiger partial charge is 0.178 e. The molecule has 0 fully saturated rings. The van der Waals surface area contributed by atoms with Crippen molar-refractivity contribution < 1.29 is 4.74 Å². The zero-order chi connectivity index (χ0) is 13.9. The monoisotopic (exact) mass is 285 g/mol. The van der Waals surface area contributed by atoms with E-state index in [1.165, 1.54) is 5.56 Å². The molecule has 0 aliphatic heterocycles. The van der Waals surface area contributed by atoms with Crippen molar-refractivity contribution >= 4 is 23.3 Å². The number of methoxy groups -OCH3 is 1. The van der Waals surface area contributed by atoms with Crippen molar-refractivity contribution in [3.05, 3.63) is 53.1 Å². The highest BCUT2D eigenvalue weighted by Gasteiger charge is 2.08. The minimum absolute atomic E-state index is 0.721. The third-order valence-corrected chi connectivity index (χ3v) is 3.69. The van der Waals surface area contributed by atoms with Crippen LogP contribution in [0.5, 0.6) is 5.75 Å². The van der Waals surface area contributed by atoms with E-state index in [0.29, 0.717) is 0 Å². The largest absolute Gasteiger partial charge is 0.494 e. The van der Waals surface area contributed by atoms with Gasteiger partial charge in [-0.3, -0.25) is 4.98 Å². The summed E-state index contributed by atoms with van der Waals surface area (Å²) in [6.45, 7) is 0.829. The van der Waals surface area contributed by atoms with Gasteiger partial charge in [0.05, 0.1) is 12.6 Å². The third kappa shape index (κ3) is 2.32. The fourth-order valence-corrected chi connectivity index (χ4v) is 2.63. The molecule has 0 bridgehead atoms. The zero-order valence-corrected chi connectivity index (χ0v) is 12.0. The van der Waals surface area contributed by atoms with E-state index in [1.54, 1.807) is 7.11 Å². The molecule has 0 spiro atoms. The molecule has 0 saturated heterocycles. The van der Waals surface area contributed by atoms with Crippen molar-refractivity contribution in [3.8, 4) is 5.75 Å². The van der Waals surface area contributed by atoms with Crippen LogP contribution in [0.4, 0.5) is 0 Å². The molecule has 20 heavy (non-hydrogen) atoms. The van der Waals surface area contributed by atoms with Gasteiger partial charge in [0.2, 0.25) is 0 Å². The first-order valence-electron chi connectivity index (χ1n) is 6.44. The predicted octanol–water partition coefficient (Wildman–Crippen LogP) is 3.35. The standard InChI is InChI=1S/C15H15N3OS/c1-19-13-4-2-3-12-14(13)17-15(20)18(12)10-7-11-5-8-16-9-6-11/h2-6,8-9H,7,10H2,1H3,(H,17,20). The fourth-order valence-electron chi connectivity index (χ4n) is 2.34. The molecule has 5 heteroatoms. The molecular weight excluding hydrogens is 270 g/mol. The van der Waals surface area contributed by atoms with Crippen LogP contribution >= 0.6 is 12.2 Å². The molecule has 0 amide bonds. The number of nitrogens with one attached hydrogen (secondary N) is 1. The highest BCUT2D eigenvalue weighted by Crippen LogP contribution is 2.24. The second-order valence-electron chi connectivity index (χ2n) is 4.54. The molecule has 3 rings (SSSR count). The lowest BCUT2D eigenvalue weighted by Crippen LogP contribution is -2.01. The molecule has 4 nitrogen and oxygen atoms in total. The van der Waals surface area contributed by atoms with E-state index in [2.05, 4.69) is 20.6 Å². The summed E-state index contributed by atoms with van der Waals surface area (Å²) < 4.78 is 8.19. The van der Waals surface area contributed by atoms with E-state index < -0.39 is 0 Å². The molecular formula is C15H15N3OS. The van der Waals surface area contributed by atoms with Gasteiger partial charge in [0, 0.05) is 18.9 Å². The number of rotatable bonds is 4. The number of aromatic nitrogens is 3. The van der Waals surface area contributed by atoms with Crippen molar-refractivity contribution in [2.75, 3.05) is 7.11 Å². The van der Waals surface area contributed by atoms with Crippen LogP contribution in [0.25, 0.3) is 11.0 Å². The van der Waals surface area contributed by atoms with Crippen molar-refractivity contribution in [1.29, 1.82) is 0 Å². The maximum Gasteiger partial charge on any atom is 0.178 e. The van der Waals surface area contributed by atoms with Gasteiger partial charge in [-0.1, -0.05) is 6.07 Å². The molecule has 0 aliphatic carbocycles. The second kappa shape index (κ2) is 5.46. The Morgan fingerprint density at radius 2 is 2.05 bits per heavy atom. The Labute approximate surface area is 122 Å². The van der Waals surface area contributed by atoms with Gasteiger partial charge >= 0.3 is 0 Å². The van der Waals surface area contributed by atoms with Crippen LogP contribution in [-0.4, -0.2) is 21.6 Å². The lowest BCUT2D eigenvalue weighted by atomic mass is 10.2. The molecule has 0 aliphatic rings. The minimum atomic E-state index is 0.721. The summed E-state index contributed by atoms with van der Waals surface area (Å²) in [5.74, 6) is 0.816. The molecule has 1 N–H and O–H groups in total. The average molecular weight is 285 g/mol. The lowest BCUT2D eigenvalue weighted by molar-refractivity contribution is 0.419. The highest BCUT2D eigenvalue weighted by molar-refractivity contribution is 7.71. The Balaban J connectivity index is 1.96. The summed E-state index contributed by atoms with van der Waals surface area (Å²) in [5.41, 5.74) is 3.28. The summed E-state index contributed by atoms with van der Waals surface area (Å²) in [4.78, 5) is 7.25. The van der Waals surface area contributed by atoms with Gasteiger partial charge in [-0.15, -0.1) is 0 Å². The summed E-state index contributed by atoms with van der Waals surface area (Å²) in [6, 6.07) is 10.0. The number of pyridine rings is 1. The van der Waals surface area contributed by atoms with E-state index in [0.717, 1.165) is 34.5 Å². The number of benzene rings is 1. The van der Waals surface area contributed by atoms with Gasteiger partial charge in [-0.25, -0.2) is 0 Å². The number of aryl methyl sites for hydroxylation is 2. The predicted molar refractivity (Wildman–Crippen MR) is 81.6 cm³/mol. The number of hydrogen-bond acceptors (Lipinski definition) is 3. The lowest BCUT2D eigenvalue weighted by Gasteiger charge is -2.05. The van der Waals surface area contributed by atoms with Crippen LogP contribution in [0, 0.1) is 4.77 Å². The minimum Gasteiger partial charge on any atom is -0.494 e. The fraction of sp³-hybridized carbons (Fsp3) is 0.200. The second-order valence-corrected chi connectivity index (χ2v) is 4.93. The highest BCUT2D eigenvalue weighted by atomic mass is 32.1. The number of para-hydroxylation sites is 1. The molecule has 0 saturated carbocycles. The number of aromatic amines is 1. The third-order valence-electron chi connectivity index (χ3n) is 3.37. The van der Waals surface area contributed by atoms with Crippen molar-refractivity contribution in [1.82, 2.24) is 14.5 Å². The van der Waals surface area contributed by atoms with Crippen molar-refractivity contribution in [3.63, 3.8) is 0 Å². The van der Waals surface area contributed by atoms with Gasteiger partial charge in [-0.05, 0) is 48.5 Å². The van der Waals surface area contributed by atoms with E-state index in [4.69, 9.17) is 17.0 Å². The number of fused-ring (bicyclic) bond motifs is 1. The summed E-state index contributed by atoms with van der Waals surface area (Å²) in [7, 11) is 1.67. The normalized spacial score (nSPS) is 10.8. The van der Waals surface area contributed by atoms with Gasteiger partial charge in [0.15, 0.2) is 4.77 Å². The SMILES string of the molecule is COc1cccc2c1[nH]c(=S)n2CCc1ccncc1. The Morgan fingerprint density at radius 1 is 1.25 bits per heavy atom. The van der Waals surface area contributed by atoms with E-state index >= 15 is 0 Å². The Morgan fingerprint density at radius 3 is 2.80 bits per heavy atom. The Bertz CT molecular complexity index is 777. The summed E-state index contributed by atoms with van der Waals surface area (Å²) in [5, 5.41) is 0. The number of hydrogen-bond donors (Lipinski definition) is 1. The molecule has 102 valence electrons. The maximum absolute atomic E-state index is 5.42. The first kappa shape index (κ1) is 12.9. The molecule has 2 heterocycles. The Kier molecular flexibility index (Phi) is 3.52. The first-order chi connectivity index (χ1) is 9.79. The van der Waals surface area contributed by atoms with Crippen LogP contribution in [0.3, 0.4) is 0 Å².